The minimum Gasteiger partial charge on any atom is -0.497 e. The maximum atomic E-state index is 6.25. The van der Waals surface area contributed by atoms with Crippen LogP contribution in [0, 0.1) is 6.92 Å². The van der Waals surface area contributed by atoms with Gasteiger partial charge in [-0.15, -0.1) is 11.3 Å². The molecule has 0 aliphatic carbocycles. The van der Waals surface area contributed by atoms with Gasteiger partial charge in [0.25, 0.3) is 0 Å². The summed E-state index contributed by atoms with van der Waals surface area (Å²) in [4.78, 5) is 8.85. The number of aromatic nitrogens is 1. The van der Waals surface area contributed by atoms with Gasteiger partial charge in [-0.2, -0.15) is 0 Å². The summed E-state index contributed by atoms with van der Waals surface area (Å²) in [5, 5.41) is 8.74. The van der Waals surface area contributed by atoms with Crippen molar-refractivity contribution in [3.63, 3.8) is 0 Å². The molecule has 0 aliphatic rings. The molecule has 0 amide bonds. The summed E-state index contributed by atoms with van der Waals surface area (Å²) in [5.41, 5.74) is 4.33. The van der Waals surface area contributed by atoms with Gasteiger partial charge in [-0.3, -0.25) is 4.90 Å². The third-order valence-corrected chi connectivity index (χ3v) is 7.01. The average molecular weight is 468 g/mol. The van der Waals surface area contributed by atoms with Gasteiger partial charge in [0.2, 0.25) is 0 Å². The standard InChI is InChI=1S/C26H30ClN3OS/c1-4-12-30(17-25-18(2)10-14-32-25)13-5-11-28-26-21-8-6-19(27)15-24(21)29-23-9-7-20(31-3)16-22(23)26/h6-10,14-16H,4-5,11-13,17H2,1-3H3,(H,28,29). The second-order valence-electron chi connectivity index (χ2n) is 8.11. The van der Waals surface area contributed by atoms with E-state index in [1.54, 1.807) is 7.11 Å². The number of halogens is 1. The normalized spacial score (nSPS) is 11.5. The van der Waals surface area contributed by atoms with Crippen LogP contribution in [0.25, 0.3) is 21.8 Å². The molecule has 6 heteroatoms. The van der Waals surface area contributed by atoms with Crippen LogP contribution in [-0.4, -0.2) is 36.6 Å². The Morgan fingerprint density at radius 3 is 2.69 bits per heavy atom. The molecule has 0 unspecified atom stereocenters. The molecule has 4 aromatic rings. The van der Waals surface area contributed by atoms with E-state index in [-0.39, 0.29) is 0 Å². The first-order valence-corrected chi connectivity index (χ1v) is 12.4. The molecule has 32 heavy (non-hydrogen) atoms. The fourth-order valence-electron chi connectivity index (χ4n) is 4.09. The van der Waals surface area contributed by atoms with Crippen LogP contribution >= 0.6 is 22.9 Å². The zero-order valence-corrected chi connectivity index (χ0v) is 20.5. The van der Waals surface area contributed by atoms with Gasteiger partial charge in [-0.1, -0.05) is 18.5 Å². The lowest BCUT2D eigenvalue weighted by Crippen LogP contribution is -2.26. The first kappa shape index (κ1) is 22.8. The van der Waals surface area contributed by atoms with E-state index in [0.29, 0.717) is 5.02 Å². The van der Waals surface area contributed by atoms with Crippen molar-refractivity contribution < 1.29 is 4.74 Å². The Kier molecular flexibility index (Phi) is 7.51. The van der Waals surface area contributed by atoms with Crippen molar-refractivity contribution >= 4 is 50.4 Å². The van der Waals surface area contributed by atoms with Crippen LogP contribution < -0.4 is 10.1 Å². The number of pyridine rings is 1. The Morgan fingerprint density at radius 2 is 1.94 bits per heavy atom. The minimum absolute atomic E-state index is 0.697. The molecule has 2 aromatic carbocycles. The molecule has 1 N–H and O–H groups in total. The van der Waals surface area contributed by atoms with Gasteiger partial charge in [0.05, 0.1) is 23.8 Å². The minimum atomic E-state index is 0.697. The molecule has 0 bridgehead atoms. The smallest absolute Gasteiger partial charge is 0.119 e. The molecule has 0 aliphatic heterocycles. The van der Waals surface area contributed by atoms with E-state index in [2.05, 4.69) is 47.6 Å². The second kappa shape index (κ2) is 10.5. The number of hydrogen-bond donors (Lipinski definition) is 1. The van der Waals surface area contributed by atoms with Gasteiger partial charge < -0.3 is 10.1 Å². The van der Waals surface area contributed by atoms with Crippen molar-refractivity contribution in [3.8, 4) is 5.75 Å². The molecule has 0 fully saturated rings. The number of rotatable bonds is 10. The SMILES string of the molecule is CCCN(CCCNc1c2ccc(Cl)cc2nc2ccc(OC)cc12)Cc1sccc1C. The van der Waals surface area contributed by atoms with Crippen molar-refractivity contribution in [3.05, 3.63) is 63.3 Å². The highest BCUT2D eigenvalue weighted by Crippen LogP contribution is 2.34. The van der Waals surface area contributed by atoms with Gasteiger partial charge in [0.15, 0.2) is 0 Å². The molecule has 0 saturated carbocycles. The highest BCUT2D eigenvalue weighted by atomic mass is 35.5. The molecule has 4 nitrogen and oxygen atoms in total. The highest BCUT2D eigenvalue weighted by molar-refractivity contribution is 7.10. The molecular formula is C26H30ClN3OS. The number of hydrogen-bond acceptors (Lipinski definition) is 5. The molecule has 0 saturated heterocycles. The Hall–Kier alpha value is -2.34. The van der Waals surface area contributed by atoms with Crippen LogP contribution in [0.15, 0.2) is 47.8 Å². The van der Waals surface area contributed by atoms with E-state index in [0.717, 1.165) is 72.3 Å². The van der Waals surface area contributed by atoms with Crippen LogP contribution in [0.3, 0.4) is 0 Å². The summed E-state index contributed by atoms with van der Waals surface area (Å²) >= 11 is 8.11. The van der Waals surface area contributed by atoms with Gasteiger partial charge >= 0.3 is 0 Å². The predicted octanol–water partition coefficient (Wildman–Crippen LogP) is 7.13. The number of benzene rings is 2. The van der Waals surface area contributed by atoms with Crippen molar-refractivity contribution in [1.82, 2.24) is 9.88 Å². The lowest BCUT2D eigenvalue weighted by molar-refractivity contribution is 0.267. The Bertz CT molecular complexity index is 1210. The largest absolute Gasteiger partial charge is 0.497 e. The molecule has 4 rings (SSSR count). The quantitative estimate of drug-likeness (QED) is 0.199. The summed E-state index contributed by atoms with van der Waals surface area (Å²) in [6.45, 7) is 8.56. The zero-order chi connectivity index (χ0) is 22.5. The molecule has 0 atom stereocenters. The maximum absolute atomic E-state index is 6.25. The molecule has 168 valence electrons. The van der Waals surface area contributed by atoms with E-state index in [4.69, 9.17) is 21.3 Å². The Labute approximate surface area is 199 Å². The number of anilines is 1. The summed E-state index contributed by atoms with van der Waals surface area (Å²) in [6, 6.07) is 14.1. The number of nitrogens with one attached hydrogen (secondary N) is 1. The highest BCUT2D eigenvalue weighted by Gasteiger charge is 2.12. The van der Waals surface area contributed by atoms with Gasteiger partial charge in [0, 0.05) is 40.3 Å². The first-order chi connectivity index (χ1) is 15.6. The van der Waals surface area contributed by atoms with Crippen LogP contribution in [0.5, 0.6) is 5.75 Å². The topological polar surface area (TPSA) is 37.4 Å². The molecule has 0 radical (unpaired) electrons. The van der Waals surface area contributed by atoms with Crippen molar-refractivity contribution in [2.75, 3.05) is 32.1 Å². The fraction of sp³-hybridized carbons (Fsp3) is 0.346. The third kappa shape index (κ3) is 5.17. The van der Waals surface area contributed by atoms with Gasteiger partial charge in [-0.25, -0.2) is 4.98 Å². The fourth-order valence-corrected chi connectivity index (χ4v) is 5.20. The zero-order valence-electron chi connectivity index (χ0n) is 19.0. The predicted molar refractivity (Wildman–Crippen MR) is 139 cm³/mol. The lowest BCUT2D eigenvalue weighted by Gasteiger charge is -2.22. The van der Waals surface area contributed by atoms with E-state index in [9.17, 15) is 0 Å². The van der Waals surface area contributed by atoms with E-state index in [1.165, 1.54) is 10.4 Å². The Balaban J connectivity index is 1.52. The summed E-state index contributed by atoms with van der Waals surface area (Å²) < 4.78 is 5.47. The number of methoxy groups -OCH3 is 1. The van der Waals surface area contributed by atoms with Crippen LogP contribution in [0.2, 0.25) is 5.02 Å². The average Bonchev–Trinajstić information content (AvgIpc) is 3.19. The van der Waals surface area contributed by atoms with Gasteiger partial charge in [0.1, 0.15) is 5.75 Å². The van der Waals surface area contributed by atoms with Gasteiger partial charge in [-0.05, 0) is 79.7 Å². The third-order valence-electron chi connectivity index (χ3n) is 5.77. The molecular weight excluding hydrogens is 438 g/mol. The van der Waals surface area contributed by atoms with Crippen molar-refractivity contribution in [1.29, 1.82) is 0 Å². The summed E-state index contributed by atoms with van der Waals surface area (Å²) in [5.74, 6) is 0.830. The van der Waals surface area contributed by atoms with Crippen molar-refractivity contribution in [2.24, 2.45) is 0 Å². The lowest BCUT2D eigenvalue weighted by atomic mass is 10.1. The Morgan fingerprint density at radius 1 is 1.06 bits per heavy atom. The molecule has 0 spiro atoms. The van der Waals surface area contributed by atoms with E-state index < -0.39 is 0 Å². The summed E-state index contributed by atoms with van der Waals surface area (Å²) in [7, 11) is 1.69. The number of nitrogens with zero attached hydrogens (tertiary/aromatic N) is 2. The van der Waals surface area contributed by atoms with Crippen LogP contribution in [0.1, 0.15) is 30.2 Å². The van der Waals surface area contributed by atoms with Crippen LogP contribution in [0.4, 0.5) is 5.69 Å². The monoisotopic (exact) mass is 467 g/mol. The van der Waals surface area contributed by atoms with E-state index in [1.807, 2.05) is 35.6 Å². The summed E-state index contributed by atoms with van der Waals surface area (Å²) in [6.07, 6.45) is 2.23. The number of fused-ring (bicyclic) bond motifs is 2. The number of aryl methyl sites for hydroxylation is 1. The number of thiophene rings is 1. The molecule has 2 aromatic heterocycles. The number of ether oxygens (including phenoxy) is 1. The second-order valence-corrected chi connectivity index (χ2v) is 9.55. The van der Waals surface area contributed by atoms with Crippen LogP contribution in [-0.2, 0) is 6.54 Å². The molecule has 2 heterocycles. The van der Waals surface area contributed by atoms with E-state index >= 15 is 0 Å². The maximum Gasteiger partial charge on any atom is 0.119 e. The van der Waals surface area contributed by atoms with Crippen molar-refractivity contribution in [2.45, 2.75) is 33.2 Å². The first-order valence-electron chi connectivity index (χ1n) is 11.1.